The van der Waals surface area contributed by atoms with E-state index in [1.807, 2.05) is 12.1 Å². The molecular weight excluding hydrogens is 387 g/mol. The number of aromatic nitrogens is 3. The molecule has 2 aromatic heterocycles. The number of amides is 1. The summed E-state index contributed by atoms with van der Waals surface area (Å²) in [6.45, 7) is -0.199. The van der Waals surface area contributed by atoms with Crippen LogP contribution in [0, 0.1) is 5.82 Å². The van der Waals surface area contributed by atoms with Gasteiger partial charge in [-0.3, -0.25) is 9.78 Å². The lowest BCUT2D eigenvalue weighted by atomic mass is 10.2. The molecule has 0 spiro atoms. The summed E-state index contributed by atoms with van der Waals surface area (Å²) >= 11 is 0. The number of carbonyl (C=O) groups excluding carboxylic acids is 2. The SMILES string of the molecule is O=C(COC(=O)c1ccc2nc(-c3cccnc3)[nH]c2c1)NCc1ccc(F)cc1. The van der Waals surface area contributed by atoms with Gasteiger partial charge in [0, 0.05) is 24.5 Å². The van der Waals surface area contributed by atoms with Crippen molar-refractivity contribution in [2.24, 2.45) is 0 Å². The Hall–Kier alpha value is -4.07. The molecular formula is C22H17FN4O3. The van der Waals surface area contributed by atoms with Gasteiger partial charge in [-0.05, 0) is 48.0 Å². The predicted octanol–water partition coefficient (Wildman–Crippen LogP) is 3.24. The lowest BCUT2D eigenvalue weighted by molar-refractivity contribution is -0.124. The number of fused-ring (bicyclic) bond motifs is 1. The molecule has 2 heterocycles. The number of ether oxygens (including phenoxy) is 1. The Balaban J connectivity index is 1.35. The maximum Gasteiger partial charge on any atom is 0.338 e. The van der Waals surface area contributed by atoms with Crippen molar-refractivity contribution in [2.45, 2.75) is 6.54 Å². The number of nitrogens with zero attached hydrogens (tertiary/aromatic N) is 2. The summed E-state index contributed by atoms with van der Waals surface area (Å²) in [4.78, 5) is 35.9. The highest BCUT2D eigenvalue weighted by molar-refractivity contribution is 5.95. The molecule has 4 aromatic rings. The van der Waals surface area contributed by atoms with Gasteiger partial charge in [0.25, 0.3) is 5.91 Å². The van der Waals surface area contributed by atoms with Crippen molar-refractivity contribution in [3.8, 4) is 11.4 Å². The van der Waals surface area contributed by atoms with Gasteiger partial charge < -0.3 is 15.0 Å². The van der Waals surface area contributed by atoms with E-state index in [0.717, 1.165) is 11.1 Å². The normalized spacial score (nSPS) is 10.7. The zero-order valence-electron chi connectivity index (χ0n) is 15.8. The molecule has 0 unspecified atom stereocenters. The van der Waals surface area contributed by atoms with Crippen LogP contribution >= 0.6 is 0 Å². The minimum absolute atomic E-state index is 0.216. The first-order valence-corrected chi connectivity index (χ1v) is 9.17. The topological polar surface area (TPSA) is 97.0 Å². The Morgan fingerprint density at radius 1 is 1.10 bits per heavy atom. The van der Waals surface area contributed by atoms with Crippen molar-refractivity contribution >= 4 is 22.9 Å². The molecule has 4 rings (SSSR count). The van der Waals surface area contributed by atoms with Gasteiger partial charge in [0.05, 0.1) is 16.6 Å². The van der Waals surface area contributed by atoms with E-state index in [1.54, 1.807) is 42.7 Å². The number of imidazole rings is 1. The van der Waals surface area contributed by atoms with Crippen LogP contribution in [-0.4, -0.2) is 33.4 Å². The fourth-order valence-corrected chi connectivity index (χ4v) is 2.84. The van der Waals surface area contributed by atoms with Gasteiger partial charge >= 0.3 is 5.97 Å². The number of halogens is 1. The highest BCUT2D eigenvalue weighted by atomic mass is 19.1. The number of nitrogens with one attached hydrogen (secondary N) is 2. The van der Waals surface area contributed by atoms with Crippen LogP contribution in [0.3, 0.4) is 0 Å². The molecule has 0 aliphatic rings. The average Bonchev–Trinajstić information content (AvgIpc) is 3.21. The quantitative estimate of drug-likeness (QED) is 0.481. The zero-order valence-corrected chi connectivity index (χ0v) is 15.8. The van der Waals surface area contributed by atoms with Crippen molar-refractivity contribution in [2.75, 3.05) is 6.61 Å². The van der Waals surface area contributed by atoms with Crippen molar-refractivity contribution in [1.29, 1.82) is 0 Å². The molecule has 30 heavy (non-hydrogen) atoms. The van der Waals surface area contributed by atoms with Gasteiger partial charge in [-0.1, -0.05) is 12.1 Å². The van der Waals surface area contributed by atoms with Gasteiger partial charge in [-0.2, -0.15) is 0 Å². The highest BCUT2D eigenvalue weighted by Gasteiger charge is 2.13. The van der Waals surface area contributed by atoms with Crippen molar-refractivity contribution < 1.29 is 18.7 Å². The minimum Gasteiger partial charge on any atom is -0.452 e. The summed E-state index contributed by atoms with van der Waals surface area (Å²) in [5, 5.41) is 2.62. The fourth-order valence-electron chi connectivity index (χ4n) is 2.84. The standard InChI is InChI=1S/C22H17FN4O3/c23-17-6-3-14(4-7-17)11-25-20(28)13-30-22(29)15-5-8-18-19(10-15)27-21(26-18)16-2-1-9-24-12-16/h1-10,12H,11,13H2,(H,25,28)(H,26,27). The number of carbonyl (C=O) groups is 2. The largest absolute Gasteiger partial charge is 0.452 e. The monoisotopic (exact) mass is 404 g/mol. The van der Waals surface area contributed by atoms with Crippen LogP contribution in [0.2, 0.25) is 0 Å². The summed E-state index contributed by atoms with van der Waals surface area (Å²) in [5.74, 6) is -0.773. The van der Waals surface area contributed by atoms with Crippen LogP contribution in [0.4, 0.5) is 4.39 Å². The molecule has 150 valence electrons. The second kappa shape index (κ2) is 8.52. The van der Waals surface area contributed by atoms with Crippen molar-refractivity contribution in [3.63, 3.8) is 0 Å². The first-order valence-electron chi connectivity index (χ1n) is 9.17. The number of rotatable bonds is 6. The van der Waals surface area contributed by atoms with Crippen LogP contribution < -0.4 is 5.32 Å². The predicted molar refractivity (Wildman–Crippen MR) is 108 cm³/mol. The molecule has 0 fully saturated rings. The third-order valence-electron chi connectivity index (χ3n) is 4.39. The fraction of sp³-hybridized carbons (Fsp3) is 0.0909. The number of hydrogen-bond donors (Lipinski definition) is 2. The molecule has 0 radical (unpaired) electrons. The van der Waals surface area contributed by atoms with Gasteiger partial charge in [-0.15, -0.1) is 0 Å². The van der Waals surface area contributed by atoms with E-state index >= 15 is 0 Å². The van der Waals surface area contributed by atoms with E-state index in [2.05, 4.69) is 20.3 Å². The molecule has 7 nitrogen and oxygen atoms in total. The lowest BCUT2D eigenvalue weighted by Crippen LogP contribution is -2.28. The van der Waals surface area contributed by atoms with Gasteiger partial charge in [0.15, 0.2) is 6.61 Å². The molecule has 0 saturated carbocycles. The van der Waals surface area contributed by atoms with E-state index in [4.69, 9.17) is 4.74 Å². The molecule has 8 heteroatoms. The summed E-state index contributed by atoms with van der Waals surface area (Å²) in [7, 11) is 0. The summed E-state index contributed by atoms with van der Waals surface area (Å²) in [5.41, 5.74) is 3.24. The van der Waals surface area contributed by atoms with Crippen LogP contribution in [0.25, 0.3) is 22.4 Å². The van der Waals surface area contributed by atoms with Gasteiger partial charge in [-0.25, -0.2) is 14.2 Å². The van der Waals surface area contributed by atoms with E-state index in [9.17, 15) is 14.0 Å². The molecule has 0 bridgehead atoms. The Morgan fingerprint density at radius 3 is 2.70 bits per heavy atom. The van der Waals surface area contributed by atoms with Crippen LogP contribution in [0.15, 0.2) is 67.0 Å². The average molecular weight is 404 g/mol. The van der Waals surface area contributed by atoms with E-state index in [0.29, 0.717) is 22.4 Å². The van der Waals surface area contributed by atoms with Gasteiger partial charge in [0.1, 0.15) is 11.6 Å². The van der Waals surface area contributed by atoms with E-state index < -0.39 is 18.5 Å². The third-order valence-corrected chi connectivity index (χ3v) is 4.39. The number of hydrogen-bond acceptors (Lipinski definition) is 5. The Labute approximate surface area is 170 Å². The lowest BCUT2D eigenvalue weighted by Gasteiger charge is -2.07. The third kappa shape index (κ3) is 4.49. The van der Waals surface area contributed by atoms with E-state index in [1.165, 1.54) is 12.1 Å². The van der Waals surface area contributed by atoms with Gasteiger partial charge in [0.2, 0.25) is 0 Å². The van der Waals surface area contributed by atoms with Crippen LogP contribution in [0.5, 0.6) is 0 Å². The van der Waals surface area contributed by atoms with E-state index in [-0.39, 0.29) is 12.4 Å². The molecule has 1 amide bonds. The Bertz CT molecular complexity index is 1190. The van der Waals surface area contributed by atoms with Crippen LogP contribution in [0.1, 0.15) is 15.9 Å². The Kier molecular flexibility index (Phi) is 5.47. The number of aromatic amines is 1. The second-order valence-electron chi connectivity index (χ2n) is 6.54. The molecule has 0 aliphatic heterocycles. The molecule has 0 aliphatic carbocycles. The summed E-state index contributed by atoms with van der Waals surface area (Å²) in [6.07, 6.45) is 3.37. The smallest absolute Gasteiger partial charge is 0.338 e. The maximum atomic E-state index is 12.9. The number of pyridine rings is 1. The number of esters is 1. The first kappa shape index (κ1) is 19.3. The van der Waals surface area contributed by atoms with Crippen LogP contribution in [-0.2, 0) is 16.1 Å². The first-order chi connectivity index (χ1) is 14.6. The minimum atomic E-state index is -0.619. The molecule has 0 atom stereocenters. The zero-order chi connectivity index (χ0) is 20.9. The summed E-state index contributed by atoms with van der Waals surface area (Å²) < 4.78 is 18.0. The molecule has 0 saturated heterocycles. The number of H-pyrrole nitrogens is 1. The molecule has 2 aromatic carbocycles. The number of benzene rings is 2. The second-order valence-corrected chi connectivity index (χ2v) is 6.54. The highest BCUT2D eigenvalue weighted by Crippen LogP contribution is 2.20. The molecule has 2 N–H and O–H groups in total. The summed E-state index contributed by atoms with van der Waals surface area (Å²) in [6, 6.07) is 14.4. The Morgan fingerprint density at radius 2 is 1.93 bits per heavy atom. The maximum absolute atomic E-state index is 12.9. The van der Waals surface area contributed by atoms with Crippen molar-refractivity contribution in [3.05, 3.63) is 83.9 Å². The van der Waals surface area contributed by atoms with Crippen molar-refractivity contribution in [1.82, 2.24) is 20.3 Å².